The zero-order chi connectivity index (χ0) is 13.1. The van der Waals surface area contributed by atoms with Crippen LogP contribution in [0.15, 0.2) is 36.8 Å². The lowest BCUT2D eigenvalue weighted by Crippen LogP contribution is -2.07. The monoisotopic (exact) mass is 244 g/mol. The predicted molar refractivity (Wildman–Crippen MR) is 69.4 cm³/mol. The number of benzene rings is 1. The third-order valence-corrected chi connectivity index (χ3v) is 2.83. The number of hydrogen-bond acceptors (Lipinski definition) is 3. The van der Waals surface area contributed by atoms with Crippen LogP contribution in [0.4, 0.5) is 0 Å². The fourth-order valence-electron chi connectivity index (χ4n) is 1.92. The van der Waals surface area contributed by atoms with Gasteiger partial charge < -0.3 is 9.30 Å². The summed E-state index contributed by atoms with van der Waals surface area (Å²) in [5.41, 5.74) is 2.32. The van der Waals surface area contributed by atoms with E-state index in [1.54, 1.807) is 18.6 Å². The maximum absolute atomic E-state index is 11.8. The molecule has 0 aliphatic rings. The van der Waals surface area contributed by atoms with Crippen LogP contribution < -0.4 is 0 Å². The van der Waals surface area contributed by atoms with Crippen LogP contribution in [0, 0.1) is 0 Å². The zero-order valence-corrected chi connectivity index (χ0v) is 10.8. The maximum Gasteiger partial charge on any atom is 0.338 e. The molecule has 1 aromatic carbocycles. The van der Waals surface area contributed by atoms with Crippen molar-refractivity contribution in [3.05, 3.63) is 42.4 Å². The Bertz CT molecular complexity index is 558. The first-order valence-corrected chi connectivity index (χ1v) is 5.84. The number of aromatic nitrogens is 2. The van der Waals surface area contributed by atoms with Gasteiger partial charge in [-0.3, -0.25) is 0 Å². The van der Waals surface area contributed by atoms with E-state index in [4.69, 9.17) is 4.74 Å². The molecule has 4 heteroatoms. The lowest BCUT2D eigenvalue weighted by atomic mass is 10.0. The van der Waals surface area contributed by atoms with Crippen LogP contribution in [0.25, 0.3) is 11.3 Å². The molecule has 0 N–H and O–H groups in total. The molecule has 4 nitrogen and oxygen atoms in total. The van der Waals surface area contributed by atoms with Gasteiger partial charge in [0.15, 0.2) is 0 Å². The molecule has 0 aliphatic carbocycles. The van der Waals surface area contributed by atoms with Crippen molar-refractivity contribution in [2.45, 2.75) is 19.9 Å². The van der Waals surface area contributed by atoms with Crippen molar-refractivity contribution in [3.8, 4) is 11.3 Å². The number of hydrogen-bond donors (Lipinski definition) is 0. The molecule has 0 aliphatic heterocycles. The van der Waals surface area contributed by atoms with Crippen LogP contribution in [-0.2, 0) is 4.74 Å². The van der Waals surface area contributed by atoms with Crippen LogP contribution in [0.3, 0.4) is 0 Å². The standard InChI is InChI=1S/C14H16N2O2/c1-10(2)16-9-15-8-13(16)11-6-4-5-7-12(11)14(17)18-3/h4-10H,1-3H3. The normalized spacial score (nSPS) is 10.7. The van der Waals surface area contributed by atoms with E-state index < -0.39 is 0 Å². The fourth-order valence-corrected chi connectivity index (χ4v) is 1.92. The van der Waals surface area contributed by atoms with Gasteiger partial charge in [-0.25, -0.2) is 9.78 Å². The van der Waals surface area contributed by atoms with Gasteiger partial charge in [0.1, 0.15) is 0 Å². The molecule has 0 unspecified atom stereocenters. The van der Waals surface area contributed by atoms with Crippen molar-refractivity contribution >= 4 is 5.97 Å². The van der Waals surface area contributed by atoms with E-state index in [0.29, 0.717) is 5.56 Å². The molecule has 0 spiro atoms. The highest BCUT2D eigenvalue weighted by molar-refractivity contribution is 5.96. The summed E-state index contributed by atoms with van der Waals surface area (Å²) in [5, 5.41) is 0. The van der Waals surface area contributed by atoms with E-state index in [1.807, 2.05) is 22.8 Å². The van der Waals surface area contributed by atoms with Crippen molar-refractivity contribution in [2.24, 2.45) is 0 Å². The van der Waals surface area contributed by atoms with E-state index >= 15 is 0 Å². The Morgan fingerprint density at radius 1 is 1.33 bits per heavy atom. The number of esters is 1. The Hall–Kier alpha value is -2.10. The van der Waals surface area contributed by atoms with Crippen LogP contribution in [-0.4, -0.2) is 22.6 Å². The third kappa shape index (κ3) is 2.14. The number of carbonyl (C=O) groups excluding carboxylic acids is 1. The first kappa shape index (κ1) is 12.4. The minimum Gasteiger partial charge on any atom is -0.465 e. The molecule has 18 heavy (non-hydrogen) atoms. The van der Waals surface area contributed by atoms with E-state index in [0.717, 1.165) is 11.3 Å². The van der Waals surface area contributed by atoms with Gasteiger partial charge in [0, 0.05) is 11.6 Å². The van der Waals surface area contributed by atoms with Crippen molar-refractivity contribution in [3.63, 3.8) is 0 Å². The van der Waals surface area contributed by atoms with Crippen molar-refractivity contribution in [1.82, 2.24) is 9.55 Å². The van der Waals surface area contributed by atoms with Gasteiger partial charge in [-0.05, 0) is 19.9 Å². The largest absolute Gasteiger partial charge is 0.465 e. The molecule has 1 aromatic heterocycles. The smallest absolute Gasteiger partial charge is 0.338 e. The highest BCUT2D eigenvalue weighted by Crippen LogP contribution is 2.26. The summed E-state index contributed by atoms with van der Waals surface area (Å²) in [6.45, 7) is 4.15. The first-order chi connectivity index (χ1) is 8.65. The Morgan fingerprint density at radius 3 is 2.72 bits per heavy atom. The topological polar surface area (TPSA) is 44.1 Å². The summed E-state index contributed by atoms with van der Waals surface area (Å²) in [7, 11) is 1.39. The number of imidazole rings is 1. The van der Waals surface area contributed by atoms with Gasteiger partial charge in [0.25, 0.3) is 0 Å². The molecule has 2 aromatic rings. The summed E-state index contributed by atoms with van der Waals surface area (Å²) < 4.78 is 6.84. The molecule has 1 heterocycles. The molecular formula is C14H16N2O2. The van der Waals surface area contributed by atoms with E-state index in [-0.39, 0.29) is 12.0 Å². The van der Waals surface area contributed by atoms with E-state index in [2.05, 4.69) is 18.8 Å². The number of rotatable bonds is 3. The van der Waals surface area contributed by atoms with Crippen LogP contribution in [0.5, 0.6) is 0 Å². The lowest BCUT2D eigenvalue weighted by molar-refractivity contribution is 0.0601. The molecule has 0 saturated heterocycles. The lowest BCUT2D eigenvalue weighted by Gasteiger charge is -2.13. The van der Waals surface area contributed by atoms with Gasteiger partial charge in [-0.2, -0.15) is 0 Å². The second-order valence-electron chi connectivity index (χ2n) is 4.32. The number of carbonyl (C=O) groups is 1. The molecular weight excluding hydrogens is 228 g/mol. The fraction of sp³-hybridized carbons (Fsp3) is 0.286. The van der Waals surface area contributed by atoms with Gasteiger partial charge >= 0.3 is 5.97 Å². The summed E-state index contributed by atoms with van der Waals surface area (Å²) in [6, 6.07) is 7.68. The molecule has 0 bridgehead atoms. The molecule has 0 amide bonds. The number of methoxy groups -OCH3 is 1. The average molecular weight is 244 g/mol. The second-order valence-corrected chi connectivity index (χ2v) is 4.32. The molecule has 0 saturated carbocycles. The Morgan fingerprint density at radius 2 is 2.06 bits per heavy atom. The van der Waals surface area contributed by atoms with Gasteiger partial charge in [0.2, 0.25) is 0 Å². The molecule has 2 rings (SSSR count). The highest BCUT2D eigenvalue weighted by Gasteiger charge is 2.16. The van der Waals surface area contributed by atoms with Crippen LogP contribution in [0.1, 0.15) is 30.2 Å². The van der Waals surface area contributed by atoms with Gasteiger partial charge in [0.05, 0.1) is 30.9 Å². The van der Waals surface area contributed by atoms with Crippen molar-refractivity contribution in [2.75, 3.05) is 7.11 Å². The van der Waals surface area contributed by atoms with Gasteiger partial charge in [-0.1, -0.05) is 18.2 Å². The first-order valence-electron chi connectivity index (χ1n) is 5.84. The summed E-state index contributed by atoms with van der Waals surface area (Å²) in [6.07, 6.45) is 3.54. The Kier molecular flexibility index (Phi) is 3.46. The van der Waals surface area contributed by atoms with Crippen LogP contribution >= 0.6 is 0 Å². The third-order valence-electron chi connectivity index (χ3n) is 2.83. The minimum absolute atomic E-state index is 0.285. The number of nitrogens with zero attached hydrogens (tertiary/aromatic N) is 2. The molecule has 0 radical (unpaired) electrons. The van der Waals surface area contributed by atoms with Crippen molar-refractivity contribution in [1.29, 1.82) is 0 Å². The SMILES string of the molecule is COC(=O)c1ccccc1-c1cncn1C(C)C. The predicted octanol–water partition coefficient (Wildman–Crippen LogP) is 2.92. The Balaban J connectivity index is 2.57. The van der Waals surface area contributed by atoms with E-state index in [1.165, 1.54) is 7.11 Å². The summed E-state index contributed by atoms with van der Waals surface area (Å²) in [5.74, 6) is -0.331. The second kappa shape index (κ2) is 5.04. The van der Waals surface area contributed by atoms with Crippen molar-refractivity contribution < 1.29 is 9.53 Å². The van der Waals surface area contributed by atoms with Crippen LogP contribution in [0.2, 0.25) is 0 Å². The number of ether oxygens (including phenoxy) is 1. The summed E-state index contributed by atoms with van der Waals surface area (Å²) >= 11 is 0. The Labute approximate surface area is 106 Å². The highest BCUT2D eigenvalue weighted by atomic mass is 16.5. The average Bonchev–Trinajstić information content (AvgIpc) is 2.87. The zero-order valence-electron chi connectivity index (χ0n) is 10.8. The minimum atomic E-state index is -0.331. The van der Waals surface area contributed by atoms with Gasteiger partial charge in [-0.15, -0.1) is 0 Å². The summed E-state index contributed by atoms with van der Waals surface area (Å²) in [4.78, 5) is 15.9. The quantitative estimate of drug-likeness (QED) is 0.780. The van der Waals surface area contributed by atoms with E-state index in [9.17, 15) is 4.79 Å². The molecule has 94 valence electrons. The molecule has 0 atom stereocenters. The molecule has 0 fully saturated rings. The maximum atomic E-state index is 11.8.